The van der Waals surface area contributed by atoms with Gasteiger partial charge in [0.1, 0.15) is 11.5 Å². The van der Waals surface area contributed by atoms with Crippen molar-refractivity contribution in [3.63, 3.8) is 0 Å². The van der Waals surface area contributed by atoms with Crippen LogP contribution in [0.2, 0.25) is 0 Å². The Hall–Kier alpha value is -1.90. The van der Waals surface area contributed by atoms with Crippen LogP contribution in [-0.4, -0.2) is 23.6 Å². The number of amidine groups is 1. The van der Waals surface area contributed by atoms with E-state index in [1.807, 2.05) is 26.8 Å². The molecule has 1 aromatic rings. The maximum Gasteiger partial charge on any atom is 0.180 e. The molecule has 21 heavy (non-hydrogen) atoms. The first-order chi connectivity index (χ1) is 10.0. The van der Waals surface area contributed by atoms with Crippen LogP contribution >= 0.6 is 0 Å². The van der Waals surface area contributed by atoms with Gasteiger partial charge in [-0.25, -0.2) is 4.99 Å². The summed E-state index contributed by atoms with van der Waals surface area (Å²) in [5.74, 6) is 1.14. The van der Waals surface area contributed by atoms with Gasteiger partial charge in [0.05, 0.1) is 6.04 Å². The third-order valence-electron chi connectivity index (χ3n) is 4.00. The number of Topliss-reactive ketones (excluding diaryl/α,β-unsaturated/α-hetero) is 1. The van der Waals surface area contributed by atoms with E-state index in [-0.39, 0.29) is 5.78 Å². The number of allylic oxidation sites excluding steroid dienone is 2. The molecule has 0 radical (unpaired) electrons. The van der Waals surface area contributed by atoms with Crippen molar-refractivity contribution >= 4 is 11.6 Å². The van der Waals surface area contributed by atoms with Crippen LogP contribution in [0.15, 0.2) is 46.6 Å². The highest BCUT2D eigenvalue weighted by atomic mass is 16.1. The van der Waals surface area contributed by atoms with Crippen molar-refractivity contribution < 1.29 is 4.79 Å². The van der Waals surface area contributed by atoms with Crippen molar-refractivity contribution in [2.45, 2.75) is 46.1 Å². The molecule has 1 aromatic carbocycles. The Bertz CT molecular complexity index is 568. The molecule has 0 N–H and O–H groups in total. The van der Waals surface area contributed by atoms with Gasteiger partial charge in [0.2, 0.25) is 0 Å². The van der Waals surface area contributed by atoms with Crippen molar-refractivity contribution in [1.29, 1.82) is 0 Å². The second-order valence-corrected chi connectivity index (χ2v) is 5.73. The molecule has 0 spiro atoms. The molecule has 0 saturated carbocycles. The molecular weight excluding hydrogens is 260 g/mol. The smallest absolute Gasteiger partial charge is 0.180 e. The highest BCUT2D eigenvalue weighted by Crippen LogP contribution is 2.32. The number of rotatable bonds is 4. The van der Waals surface area contributed by atoms with E-state index in [1.54, 1.807) is 0 Å². The number of ketones is 1. The van der Waals surface area contributed by atoms with Crippen LogP contribution in [0, 0.1) is 0 Å². The van der Waals surface area contributed by atoms with E-state index < -0.39 is 0 Å². The molecule has 1 unspecified atom stereocenters. The van der Waals surface area contributed by atoms with E-state index in [9.17, 15) is 4.79 Å². The maximum absolute atomic E-state index is 12.0. The molecule has 1 fully saturated rings. The highest BCUT2D eigenvalue weighted by Gasteiger charge is 2.28. The summed E-state index contributed by atoms with van der Waals surface area (Å²) in [6, 6.07) is 10.8. The topological polar surface area (TPSA) is 32.7 Å². The summed E-state index contributed by atoms with van der Waals surface area (Å²) in [6.45, 7) is 5.80. The van der Waals surface area contributed by atoms with E-state index in [0.29, 0.717) is 18.2 Å². The first-order valence-corrected chi connectivity index (χ1v) is 7.60. The fraction of sp³-hybridized carbons (Fsp3) is 0.444. The lowest BCUT2D eigenvalue weighted by Crippen LogP contribution is -2.23. The number of carbonyl (C=O) groups excluding carboxylic acids is 1. The van der Waals surface area contributed by atoms with Crippen molar-refractivity contribution in [2.24, 2.45) is 4.99 Å². The first kappa shape index (κ1) is 15.5. The van der Waals surface area contributed by atoms with Gasteiger partial charge in [0.15, 0.2) is 5.78 Å². The minimum Gasteiger partial charge on any atom is -0.356 e. The van der Waals surface area contributed by atoms with Crippen molar-refractivity contribution in [3.8, 4) is 0 Å². The molecule has 0 aliphatic carbocycles. The third-order valence-corrected chi connectivity index (χ3v) is 4.00. The second kappa shape index (κ2) is 6.70. The Labute approximate surface area is 127 Å². The molecule has 0 aromatic heterocycles. The van der Waals surface area contributed by atoms with Gasteiger partial charge < -0.3 is 4.90 Å². The summed E-state index contributed by atoms with van der Waals surface area (Å²) in [5.41, 5.74) is 2.93. The molecule has 1 heterocycles. The van der Waals surface area contributed by atoms with Gasteiger partial charge in [-0.15, -0.1) is 0 Å². The van der Waals surface area contributed by atoms with E-state index in [1.165, 1.54) is 5.56 Å². The Morgan fingerprint density at radius 2 is 1.95 bits per heavy atom. The van der Waals surface area contributed by atoms with Crippen LogP contribution in [0.3, 0.4) is 0 Å². The standard InChI is InChI=1S/C18H24N2O/c1-5-16(21)18(13(2)3)19-17-12-11-15(20(17)4)14-9-7-6-8-10-14/h6-10,15H,5,11-12H2,1-4H3/b19-17-. The summed E-state index contributed by atoms with van der Waals surface area (Å²) in [6.07, 6.45) is 2.47. The van der Waals surface area contributed by atoms with E-state index in [2.05, 4.69) is 41.2 Å². The van der Waals surface area contributed by atoms with Crippen LogP contribution in [0.4, 0.5) is 0 Å². The highest BCUT2D eigenvalue weighted by molar-refractivity contribution is 5.99. The van der Waals surface area contributed by atoms with Crippen LogP contribution < -0.4 is 0 Å². The van der Waals surface area contributed by atoms with Gasteiger partial charge in [-0.3, -0.25) is 4.79 Å². The van der Waals surface area contributed by atoms with Gasteiger partial charge in [0.25, 0.3) is 0 Å². The Balaban J connectivity index is 2.25. The van der Waals surface area contributed by atoms with Crippen molar-refractivity contribution in [2.75, 3.05) is 7.05 Å². The van der Waals surface area contributed by atoms with Gasteiger partial charge in [0, 0.05) is 19.9 Å². The van der Waals surface area contributed by atoms with E-state index in [4.69, 9.17) is 0 Å². The molecular formula is C18H24N2O. The van der Waals surface area contributed by atoms with Crippen molar-refractivity contribution in [3.05, 3.63) is 47.2 Å². The van der Waals surface area contributed by atoms with Gasteiger partial charge in [-0.05, 0) is 31.4 Å². The quantitative estimate of drug-likeness (QED) is 0.779. The number of carbonyl (C=O) groups is 1. The minimum absolute atomic E-state index is 0.124. The van der Waals surface area contributed by atoms with Crippen LogP contribution in [-0.2, 0) is 4.79 Å². The SMILES string of the molecule is CCC(=O)C(/N=C1/CCC(c2ccccc2)N1C)=C(C)C. The lowest BCUT2D eigenvalue weighted by molar-refractivity contribution is -0.115. The zero-order valence-electron chi connectivity index (χ0n) is 13.4. The predicted octanol–water partition coefficient (Wildman–Crippen LogP) is 4.12. The summed E-state index contributed by atoms with van der Waals surface area (Å²) in [4.78, 5) is 18.9. The second-order valence-electron chi connectivity index (χ2n) is 5.73. The minimum atomic E-state index is 0.124. The fourth-order valence-corrected chi connectivity index (χ4v) is 2.77. The number of benzene rings is 1. The first-order valence-electron chi connectivity index (χ1n) is 7.60. The molecule has 1 saturated heterocycles. The monoisotopic (exact) mass is 284 g/mol. The number of nitrogens with zero attached hydrogens (tertiary/aromatic N) is 2. The van der Waals surface area contributed by atoms with E-state index in [0.717, 1.165) is 24.3 Å². The predicted molar refractivity (Wildman–Crippen MR) is 87.3 cm³/mol. The van der Waals surface area contributed by atoms with Gasteiger partial charge in [-0.1, -0.05) is 37.3 Å². The molecule has 0 amide bonds. The Morgan fingerprint density at radius 1 is 1.29 bits per heavy atom. The molecule has 1 aliphatic heterocycles. The molecule has 1 aliphatic rings. The largest absolute Gasteiger partial charge is 0.356 e. The summed E-state index contributed by atoms with van der Waals surface area (Å²) in [5, 5.41) is 0. The van der Waals surface area contributed by atoms with E-state index >= 15 is 0 Å². The fourth-order valence-electron chi connectivity index (χ4n) is 2.77. The molecule has 1 atom stereocenters. The summed E-state index contributed by atoms with van der Waals surface area (Å²) >= 11 is 0. The number of hydrogen-bond donors (Lipinski definition) is 0. The van der Waals surface area contributed by atoms with Crippen molar-refractivity contribution in [1.82, 2.24) is 4.90 Å². The van der Waals surface area contributed by atoms with Gasteiger partial charge in [-0.2, -0.15) is 0 Å². The number of hydrogen-bond acceptors (Lipinski definition) is 2. The molecule has 2 rings (SSSR count). The average Bonchev–Trinajstić information content (AvgIpc) is 2.85. The number of aliphatic imine (C=N–C) groups is 1. The Kier molecular flexibility index (Phi) is 4.94. The van der Waals surface area contributed by atoms with Crippen LogP contribution in [0.5, 0.6) is 0 Å². The zero-order valence-corrected chi connectivity index (χ0v) is 13.4. The number of likely N-dealkylation sites (tertiary alicyclic amines) is 1. The molecule has 3 heteroatoms. The zero-order chi connectivity index (χ0) is 15.4. The van der Waals surface area contributed by atoms with Crippen LogP contribution in [0.25, 0.3) is 0 Å². The third kappa shape index (κ3) is 3.41. The molecule has 112 valence electrons. The van der Waals surface area contributed by atoms with Crippen LogP contribution in [0.1, 0.15) is 51.6 Å². The lowest BCUT2D eigenvalue weighted by Gasteiger charge is -2.22. The Morgan fingerprint density at radius 3 is 2.52 bits per heavy atom. The average molecular weight is 284 g/mol. The normalized spacial score (nSPS) is 19.9. The van der Waals surface area contributed by atoms with Gasteiger partial charge >= 0.3 is 0 Å². The molecule has 0 bridgehead atoms. The summed E-state index contributed by atoms with van der Waals surface area (Å²) in [7, 11) is 2.07. The summed E-state index contributed by atoms with van der Waals surface area (Å²) < 4.78 is 0. The molecule has 3 nitrogen and oxygen atoms in total. The maximum atomic E-state index is 12.0. The lowest BCUT2D eigenvalue weighted by atomic mass is 10.1.